The molecule has 0 unspecified atom stereocenters. The van der Waals surface area contributed by atoms with Gasteiger partial charge in [0.15, 0.2) is 0 Å². The topological polar surface area (TPSA) is 63.4 Å². The SMILES string of the molecule is CCCS(=O)(=O)N(C)C1CCC(N)CC1. The minimum Gasteiger partial charge on any atom is -0.328 e. The van der Waals surface area contributed by atoms with Crippen LogP contribution in [-0.4, -0.2) is 37.6 Å². The average molecular weight is 234 g/mol. The predicted octanol–water partition coefficient (Wildman–Crippen LogP) is 0.928. The molecule has 1 fully saturated rings. The minimum atomic E-state index is -3.03. The van der Waals surface area contributed by atoms with Crippen LogP contribution in [0.3, 0.4) is 0 Å². The molecule has 5 heteroatoms. The van der Waals surface area contributed by atoms with E-state index in [0.717, 1.165) is 25.7 Å². The number of rotatable bonds is 4. The van der Waals surface area contributed by atoms with E-state index in [-0.39, 0.29) is 17.8 Å². The van der Waals surface area contributed by atoms with E-state index in [1.165, 1.54) is 0 Å². The maximum Gasteiger partial charge on any atom is 0.214 e. The van der Waals surface area contributed by atoms with E-state index >= 15 is 0 Å². The molecule has 0 aliphatic heterocycles. The number of sulfonamides is 1. The lowest BCUT2D eigenvalue weighted by molar-refractivity contribution is 0.268. The molecule has 0 radical (unpaired) electrons. The highest BCUT2D eigenvalue weighted by Crippen LogP contribution is 2.23. The van der Waals surface area contributed by atoms with Gasteiger partial charge in [0.05, 0.1) is 5.75 Å². The van der Waals surface area contributed by atoms with Gasteiger partial charge < -0.3 is 5.73 Å². The molecule has 1 aliphatic rings. The first-order valence-corrected chi connectivity index (χ1v) is 7.29. The molecule has 0 aromatic rings. The summed E-state index contributed by atoms with van der Waals surface area (Å²) in [5, 5.41) is 0. The maximum atomic E-state index is 11.8. The fourth-order valence-electron chi connectivity index (χ4n) is 2.09. The van der Waals surface area contributed by atoms with Crippen LogP contribution in [0.2, 0.25) is 0 Å². The van der Waals surface area contributed by atoms with E-state index in [1.54, 1.807) is 11.4 Å². The number of hydrogen-bond donors (Lipinski definition) is 1. The van der Waals surface area contributed by atoms with Crippen molar-refractivity contribution in [1.29, 1.82) is 0 Å². The summed E-state index contributed by atoms with van der Waals surface area (Å²) >= 11 is 0. The zero-order valence-electron chi connectivity index (χ0n) is 9.65. The van der Waals surface area contributed by atoms with E-state index in [1.807, 2.05) is 6.92 Å². The average Bonchev–Trinajstić information content (AvgIpc) is 2.18. The van der Waals surface area contributed by atoms with Crippen molar-refractivity contribution >= 4 is 10.0 Å². The van der Waals surface area contributed by atoms with Crippen LogP contribution in [-0.2, 0) is 10.0 Å². The highest BCUT2D eigenvalue weighted by Gasteiger charge is 2.28. The fraction of sp³-hybridized carbons (Fsp3) is 1.00. The summed E-state index contributed by atoms with van der Waals surface area (Å²) < 4.78 is 25.2. The lowest BCUT2D eigenvalue weighted by Gasteiger charge is -2.32. The Kier molecular flexibility index (Phi) is 4.55. The first-order valence-electron chi connectivity index (χ1n) is 5.68. The van der Waals surface area contributed by atoms with Crippen molar-refractivity contribution in [3.05, 3.63) is 0 Å². The minimum absolute atomic E-state index is 0.168. The van der Waals surface area contributed by atoms with Gasteiger partial charge >= 0.3 is 0 Å². The van der Waals surface area contributed by atoms with E-state index in [0.29, 0.717) is 6.42 Å². The monoisotopic (exact) mass is 234 g/mol. The smallest absolute Gasteiger partial charge is 0.214 e. The first kappa shape index (κ1) is 12.9. The zero-order chi connectivity index (χ0) is 11.5. The third-order valence-corrected chi connectivity index (χ3v) is 5.26. The van der Waals surface area contributed by atoms with Gasteiger partial charge in [-0.15, -0.1) is 0 Å². The van der Waals surface area contributed by atoms with Crippen molar-refractivity contribution in [2.45, 2.75) is 51.1 Å². The molecule has 4 nitrogen and oxygen atoms in total. The Balaban J connectivity index is 2.57. The van der Waals surface area contributed by atoms with Crippen molar-refractivity contribution < 1.29 is 8.42 Å². The summed E-state index contributed by atoms with van der Waals surface area (Å²) in [4.78, 5) is 0. The summed E-state index contributed by atoms with van der Waals surface area (Å²) in [6.45, 7) is 1.89. The second kappa shape index (κ2) is 5.27. The Labute approximate surface area is 92.9 Å². The van der Waals surface area contributed by atoms with Crippen LogP contribution in [0, 0.1) is 0 Å². The standard InChI is InChI=1S/C10H22N2O2S/c1-3-8-15(13,14)12(2)10-6-4-9(11)5-7-10/h9-10H,3-8,11H2,1-2H3. The maximum absolute atomic E-state index is 11.8. The van der Waals surface area contributed by atoms with Gasteiger partial charge in [0.1, 0.15) is 0 Å². The van der Waals surface area contributed by atoms with E-state index in [2.05, 4.69) is 0 Å². The van der Waals surface area contributed by atoms with E-state index < -0.39 is 10.0 Å². The van der Waals surface area contributed by atoms with Crippen LogP contribution in [0.25, 0.3) is 0 Å². The number of hydrogen-bond acceptors (Lipinski definition) is 3. The molecular weight excluding hydrogens is 212 g/mol. The predicted molar refractivity (Wildman–Crippen MR) is 62.1 cm³/mol. The Bertz CT molecular complexity index is 282. The second-order valence-electron chi connectivity index (χ2n) is 4.40. The van der Waals surface area contributed by atoms with Crippen LogP contribution < -0.4 is 5.73 Å². The van der Waals surface area contributed by atoms with E-state index in [4.69, 9.17) is 5.73 Å². The molecule has 0 atom stereocenters. The molecular formula is C10H22N2O2S. The molecule has 1 rings (SSSR count). The number of nitrogens with zero attached hydrogens (tertiary/aromatic N) is 1. The zero-order valence-corrected chi connectivity index (χ0v) is 10.5. The molecule has 0 heterocycles. The van der Waals surface area contributed by atoms with Crippen molar-refractivity contribution in [2.24, 2.45) is 5.73 Å². The number of nitrogens with two attached hydrogens (primary N) is 1. The lowest BCUT2D eigenvalue weighted by atomic mass is 9.92. The Morgan fingerprint density at radius 2 is 1.80 bits per heavy atom. The molecule has 1 saturated carbocycles. The summed E-state index contributed by atoms with van der Waals surface area (Å²) in [5.41, 5.74) is 5.80. The first-order chi connectivity index (χ1) is 6.97. The molecule has 0 spiro atoms. The molecule has 0 saturated heterocycles. The van der Waals surface area contributed by atoms with Crippen LogP contribution in [0.4, 0.5) is 0 Å². The Hall–Kier alpha value is -0.130. The van der Waals surface area contributed by atoms with Gasteiger partial charge in [0.25, 0.3) is 0 Å². The quantitative estimate of drug-likeness (QED) is 0.787. The van der Waals surface area contributed by atoms with Gasteiger partial charge in [-0.3, -0.25) is 0 Å². The molecule has 0 aromatic heterocycles. The lowest BCUT2D eigenvalue weighted by Crippen LogP contribution is -2.42. The van der Waals surface area contributed by atoms with Crippen molar-refractivity contribution in [3.63, 3.8) is 0 Å². The van der Waals surface area contributed by atoms with Gasteiger partial charge in [-0.25, -0.2) is 12.7 Å². The van der Waals surface area contributed by atoms with Crippen molar-refractivity contribution in [1.82, 2.24) is 4.31 Å². The molecule has 0 amide bonds. The van der Waals surface area contributed by atoms with Crippen LogP contribution in [0.1, 0.15) is 39.0 Å². The summed E-state index contributed by atoms with van der Waals surface area (Å²) in [6, 6.07) is 0.435. The van der Waals surface area contributed by atoms with Crippen LogP contribution in [0.15, 0.2) is 0 Å². The molecule has 90 valence electrons. The van der Waals surface area contributed by atoms with Gasteiger partial charge in [-0.2, -0.15) is 0 Å². The third kappa shape index (κ3) is 3.43. The molecule has 0 bridgehead atoms. The van der Waals surface area contributed by atoms with Gasteiger partial charge in [0, 0.05) is 19.1 Å². The summed E-state index contributed by atoms with van der Waals surface area (Å²) in [7, 11) is -1.33. The van der Waals surface area contributed by atoms with Crippen LogP contribution >= 0.6 is 0 Å². The van der Waals surface area contributed by atoms with Crippen molar-refractivity contribution in [3.8, 4) is 0 Å². The highest BCUT2D eigenvalue weighted by atomic mass is 32.2. The van der Waals surface area contributed by atoms with Gasteiger partial charge in [-0.05, 0) is 32.1 Å². The summed E-state index contributed by atoms with van der Waals surface area (Å²) in [5.74, 6) is 0.256. The molecule has 1 aliphatic carbocycles. The molecule has 0 aromatic carbocycles. The fourth-order valence-corrected chi connectivity index (χ4v) is 3.56. The highest BCUT2D eigenvalue weighted by molar-refractivity contribution is 7.89. The largest absolute Gasteiger partial charge is 0.328 e. The normalized spacial score (nSPS) is 28.3. The van der Waals surface area contributed by atoms with E-state index in [9.17, 15) is 8.42 Å². The Morgan fingerprint density at radius 1 is 1.27 bits per heavy atom. The van der Waals surface area contributed by atoms with Gasteiger partial charge in [0.2, 0.25) is 10.0 Å². The summed E-state index contributed by atoms with van der Waals surface area (Å²) in [6.07, 6.45) is 4.37. The molecule has 15 heavy (non-hydrogen) atoms. The van der Waals surface area contributed by atoms with Crippen LogP contribution in [0.5, 0.6) is 0 Å². The Morgan fingerprint density at radius 3 is 2.27 bits per heavy atom. The van der Waals surface area contributed by atoms with Crippen molar-refractivity contribution in [2.75, 3.05) is 12.8 Å². The molecule has 2 N–H and O–H groups in total. The second-order valence-corrected chi connectivity index (χ2v) is 6.55. The third-order valence-electron chi connectivity index (χ3n) is 3.16. The van der Waals surface area contributed by atoms with Gasteiger partial charge in [-0.1, -0.05) is 6.92 Å².